The number of benzene rings is 1. The van der Waals surface area contributed by atoms with Crippen molar-refractivity contribution in [2.45, 2.75) is 6.54 Å². The van der Waals surface area contributed by atoms with Gasteiger partial charge in [0.25, 0.3) is 5.91 Å². The molecule has 0 unspecified atom stereocenters. The topological polar surface area (TPSA) is 67.2 Å². The van der Waals surface area contributed by atoms with Crippen molar-refractivity contribution in [1.82, 2.24) is 10.5 Å². The highest BCUT2D eigenvalue weighted by Crippen LogP contribution is 2.13. The predicted molar refractivity (Wildman–Crippen MR) is 63.7 cm³/mol. The number of carbonyl (C=O) groups excluding carboxylic acids is 1. The normalized spacial score (nSPS) is 9.94. The minimum absolute atomic E-state index is 0.147. The van der Waals surface area contributed by atoms with Crippen molar-refractivity contribution < 1.29 is 9.32 Å². The van der Waals surface area contributed by atoms with Crippen LogP contribution in [-0.4, -0.2) is 18.1 Å². The first-order chi connectivity index (χ1) is 8.31. The Bertz CT molecular complexity index is 494. The predicted octanol–water partition coefficient (Wildman–Crippen LogP) is 1.65. The minimum atomic E-state index is -0.147. The van der Waals surface area contributed by atoms with Gasteiger partial charge in [0, 0.05) is 18.8 Å². The van der Waals surface area contributed by atoms with Crippen molar-refractivity contribution in [3.63, 3.8) is 0 Å². The summed E-state index contributed by atoms with van der Waals surface area (Å²) in [5, 5.41) is 9.30. The zero-order valence-corrected chi connectivity index (χ0v) is 9.43. The van der Waals surface area contributed by atoms with Gasteiger partial charge in [-0.2, -0.15) is 0 Å². The summed E-state index contributed by atoms with van der Waals surface area (Å²) in [4.78, 5) is 11.9. The average molecular weight is 231 g/mol. The molecule has 2 N–H and O–H groups in total. The maximum Gasteiger partial charge on any atom is 0.253 e. The molecule has 0 fully saturated rings. The van der Waals surface area contributed by atoms with Gasteiger partial charge in [0.2, 0.25) is 0 Å². The van der Waals surface area contributed by atoms with Crippen molar-refractivity contribution in [1.29, 1.82) is 0 Å². The van der Waals surface area contributed by atoms with E-state index in [4.69, 9.17) is 4.52 Å². The number of nitrogens with zero attached hydrogens (tertiary/aromatic N) is 1. The van der Waals surface area contributed by atoms with E-state index >= 15 is 0 Å². The highest BCUT2D eigenvalue weighted by atomic mass is 16.5. The monoisotopic (exact) mass is 231 g/mol. The fourth-order valence-corrected chi connectivity index (χ4v) is 1.50. The summed E-state index contributed by atoms with van der Waals surface area (Å²) in [6, 6.07) is 9.03. The summed E-state index contributed by atoms with van der Waals surface area (Å²) in [6.07, 6.45) is 1.54. The highest BCUT2D eigenvalue weighted by molar-refractivity contribution is 5.99. The zero-order chi connectivity index (χ0) is 12.1. The summed E-state index contributed by atoms with van der Waals surface area (Å²) < 4.78 is 4.90. The fourth-order valence-electron chi connectivity index (χ4n) is 1.50. The van der Waals surface area contributed by atoms with Crippen LogP contribution in [0, 0.1) is 0 Å². The summed E-state index contributed by atoms with van der Waals surface area (Å²) in [6.45, 7) is 0.330. The van der Waals surface area contributed by atoms with Crippen molar-refractivity contribution >= 4 is 11.6 Å². The molecule has 0 aliphatic rings. The summed E-state index contributed by atoms with van der Waals surface area (Å²) in [7, 11) is 1.78. The first-order valence-electron chi connectivity index (χ1n) is 5.26. The maximum absolute atomic E-state index is 11.9. The Balaban J connectivity index is 2.04. The molecule has 5 nitrogen and oxygen atoms in total. The van der Waals surface area contributed by atoms with E-state index < -0.39 is 0 Å². The minimum Gasteiger partial charge on any atom is -0.387 e. The highest BCUT2D eigenvalue weighted by Gasteiger charge is 2.09. The number of aromatic nitrogens is 1. The third-order valence-corrected chi connectivity index (χ3v) is 2.36. The lowest BCUT2D eigenvalue weighted by Gasteiger charge is -2.08. The van der Waals surface area contributed by atoms with Crippen LogP contribution in [0.25, 0.3) is 0 Å². The lowest BCUT2D eigenvalue weighted by atomic mass is 10.1. The second kappa shape index (κ2) is 5.16. The molecule has 0 spiro atoms. The molecule has 17 heavy (non-hydrogen) atoms. The molecule has 0 saturated carbocycles. The lowest BCUT2D eigenvalue weighted by Crippen LogP contribution is -2.23. The quantitative estimate of drug-likeness (QED) is 0.839. The number of anilines is 1. The van der Waals surface area contributed by atoms with Gasteiger partial charge >= 0.3 is 0 Å². The summed E-state index contributed by atoms with van der Waals surface area (Å²) >= 11 is 0. The molecule has 2 aromatic rings. The summed E-state index contributed by atoms with van der Waals surface area (Å²) in [5.74, 6) is 0.478. The molecule has 0 saturated heterocycles. The van der Waals surface area contributed by atoms with E-state index in [9.17, 15) is 4.79 Å². The van der Waals surface area contributed by atoms with Gasteiger partial charge in [0.05, 0.1) is 18.3 Å². The molecule has 0 aliphatic heterocycles. The average Bonchev–Trinajstić information content (AvgIpc) is 2.89. The van der Waals surface area contributed by atoms with Crippen molar-refractivity contribution in [3.05, 3.63) is 47.9 Å². The molecule has 0 atom stereocenters. The number of hydrogen-bond acceptors (Lipinski definition) is 4. The van der Waals surface area contributed by atoms with E-state index in [1.165, 1.54) is 0 Å². The van der Waals surface area contributed by atoms with Crippen LogP contribution >= 0.6 is 0 Å². The van der Waals surface area contributed by atoms with Crippen LogP contribution in [0.5, 0.6) is 0 Å². The van der Waals surface area contributed by atoms with Crippen LogP contribution < -0.4 is 10.6 Å². The molecule has 88 valence electrons. The molecular formula is C12H13N3O2. The zero-order valence-electron chi connectivity index (χ0n) is 9.43. The van der Waals surface area contributed by atoms with Gasteiger partial charge in [-0.15, -0.1) is 0 Å². The number of para-hydroxylation sites is 1. The lowest BCUT2D eigenvalue weighted by molar-refractivity contribution is 0.0948. The van der Waals surface area contributed by atoms with Crippen LogP contribution in [0.15, 0.2) is 41.1 Å². The van der Waals surface area contributed by atoms with Crippen LogP contribution in [0.4, 0.5) is 5.69 Å². The van der Waals surface area contributed by atoms with Crippen LogP contribution in [-0.2, 0) is 6.54 Å². The third-order valence-electron chi connectivity index (χ3n) is 2.36. The second-order valence-electron chi connectivity index (χ2n) is 3.46. The Morgan fingerprint density at radius 1 is 1.35 bits per heavy atom. The Kier molecular flexibility index (Phi) is 3.40. The largest absolute Gasteiger partial charge is 0.387 e. The molecule has 1 aromatic heterocycles. The smallest absolute Gasteiger partial charge is 0.253 e. The number of nitrogens with one attached hydrogen (secondary N) is 2. The molecule has 1 amide bonds. The van der Waals surface area contributed by atoms with Gasteiger partial charge in [0.15, 0.2) is 5.76 Å². The fraction of sp³-hybridized carbons (Fsp3) is 0.167. The standard InChI is InChI=1S/C12H13N3O2/c1-13-11-5-3-2-4-10(11)12(16)14-8-9-6-7-15-17-9/h2-7,13H,8H2,1H3,(H,14,16). The van der Waals surface area contributed by atoms with Gasteiger partial charge < -0.3 is 15.2 Å². The first-order valence-corrected chi connectivity index (χ1v) is 5.26. The molecule has 0 aliphatic carbocycles. The Labute approximate surface area is 98.8 Å². The number of carbonyl (C=O) groups is 1. The van der Waals surface area contributed by atoms with Gasteiger partial charge in [0.1, 0.15) is 0 Å². The second-order valence-corrected chi connectivity index (χ2v) is 3.46. The number of hydrogen-bond donors (Lipinski definition) is 2. The van der Waals surface area contributed by atoms with Crippen LogP contribution in [0.1, 0.15) is 16.1 Å². The molecule has 5 heteroatoms. The number of amides is 1. The Morgan fingerprint density at radius 3 is 2.88 bits per heavy atom. The molecule has 1 aromatic carbocycles. The van der Waals surface area contributed by atoms with Gasteiger partial charge in [-0.05, 0) is 12.1 Å². The van der Waals surface area contributed by atoms with E-state index in [0.717, 1.165) is 5.69 Å². The van der Waals surface area contributed by atoms with Crippen LogP contribution in [0.2, 0.25) is 0 Å². The Hall–Kier alpha value is -2.30. The van der Waals surface area contributed by atoms with E-state index in [2.05, 4.69) is 15.8 Å². The molecule has 0 radical (unpaired) electrons. The molecular weight excluding hydrogens is 218 g/mol. The maximum atomic E-state index is 11.9. The van der Waals surface area contributed by atoms with Crippen molar-refractivity contribution in [2.24, 2.45) is 0 Å². The molecule has 2 rings (SSSR count). The third kappa shape index (κ3) is 2.63. The van der Waals surface area contributed by atoms with Crippen LogP contribution in [0.3, 0.4) is 0 Å². The SMILES string of the molecule is CNc1ccccc1C(=O)NCc1ccno1. The Morgan fingerprint density at radius 2 is 2.18 bits per heavy atom. The van der Waals surface area contributed by atoms with Gasteiger partial charge in [-0.25, -0.2) is 0 Å². The summed E-state index contributed by atoms with van der Waals surface area (Å²) in [5.41, 5.74) is 1.40. The first kappa shape index (κ1) is 11.2. The van der Waals surface area contributed by atoms with E-state index in [1.54, 1.807) is 25.4 Å². The van der Waals surface area contributed by atoms with Gasteiger partial charge in [-0.3, -0.25) is 4.79 Å². The van der Waals surface area contributed by atoms with Crippen molar-refractivity contribution in [2.75, 3.05) is 12.4 Å². The van der Waals surface area contributed by atoms with E-state index in [1.807, 2.05) is 18.2 Å². The number of rotatable bonds is 4. The van der Waals surface area contributed by atoms with Crippen molar-refractivity contribution in [3.8, 4) is 0 Å². The molecule has 0 bridgehead atoms. The molecule has 1 heterocycles. The van der Waals surface area contributed by atoms with E-state index in [0.29, 0.717) is 17.9 Å². The van der Waals surface area contributed by atoms with E-state index in [-0.39, 0.29) is 5.91 Å². The van der Waals surface area contributed by atoms with Gasteiger partial charge in [-0.1, -0.05) is 17.3 Å².